The highest BCUT2D eigenvalue weighted by Crippen LogP contribution is 2.36. The van der Waals surface area contributed by atoms with Gasteiger partial charge in [0.15, 0.2) is 5.75 Å². The van der Waals surface area contributed by atoms with Crippen LogP contribution in [0.1, 0.15) is 11.1 Å². The summed E-state index contributed by atoms with van der Waals surface area (Å²) >= 11 is 0. The van der Waals surface area contributed by atoms with Crippen molar-refractivity contribution in [3.05, 3.63) is 47.3 Å². The molecule has 5 heteroatoms. The standard InChI is InChI=1S/C15H13FN2O2/c1-8-2-3-10(16)6-13(8)20-14-7-12-9(4-11(14)17)5-15(19)18-12/h2-4,6-7H,5,17H2,1H3,(H,18,19). The van der Waals surface area contributed by atoms with Gasteiger partial charge in [-0.05, 0) is 30.2 Å². The van der Waals surface area contributed by atoms with Gasteiger partial charge in [0.2, 0.25) is 5.91 Å². The van der Waals surface area contributed by atoms with Crippen LogP contribution in [0.15, 0.2) is 30.3 Å². The van der Waals surface area contributed by atoms with Gasteiger partial charge in [-0.3, -0.25) is 4.79 Å². The van der Waals surface area contributed by atoms with Crippen LogP contribution in [0.3, 0.4) is 0 Å². The van der Waals surface area contributed by atoms with Crippen molar-refractivity contribution in [1.82, 2.24) is 0 Å². The van der Waals surface area contributed by atoms with E-state index in [-0.39, 0.29) is 11.7 Å². The van der Waals surface area contributed by atoms with Gasteiger partial charge >= 0.3 is 0 Å². The van der Waals surface area contributed by atoms with Gasteiger partial charge in [0.05, 0.1) is 12.1 Å². The van der Waals surface area contributed by atoms with Gasteiger partial charge in [-0.25, -0.2) is 4.39 Å². The normalized spacial score (nSPS) is 13.0. The minimum absolute atomic E-state index is 0.0708. The molecule has 0 radical (unpaired) electrons. The lowest BCUT2D eigenvalue weighted by Gasteiger charge is -2.12. The maximum Gasteiger partial charge on any atom is 0.228 e. The highest BCUT2D eigenvalue weighted by atomic mass is 19.1. The SMILES string of the molecule is Cc1ccc(F)cc1Oc1cc2c(cc1N)CC(=O)N2. The Morgan fingerprint density at radius 3 is 2.85 bits per heavy atom. The summed E-state index contributed by atoms with van der Waals surface area (Å²) in [7, 11) is 0. The van der Waals surface area contributed by atoms with Crippen molar-refractivity contribution in [3.8, 4) is 11.5 Å². The Labute approximate surface area is 115 Å². The second-order valence-electron chi connectivity index (χ2n) is 4.78. The van der Waals surface area contributed by atoms with Crippen LogP contribution in [0.25, 0.3) is 0 Å². The summed E-state index contributed by atoms with van der Waals surface area (Å²) < 4.78 is 18.9. The molecule has 102 valence electrons. The zero-order chi connectivity index (χ0) is 14.3. The molecule has 0 aliphatic carbocycles. The number of amides is 1. The third-order valence-electron chi connectivity index (χ3n) is 3.23. The van der Waals surface area contributed by atoms with Crippen molar-refractivity contribution in [2.45, 2.75) is 13.3 Å². The fourth-order valence-electron chi connectivity index (χ4n) is 2.16. The molecule has 4 nitrogen and oxygen atoms in total. The van der Waals surface area contributed by atoms with Crippen LogP contribution in [0.5, 0.6) is 11.5 Å². The van der Waals surface area contributed by atoms with Crippen LogP contribution in [0.4, 0.5) is 15.8 Å². The molecular weight excluding hydrogens is 259 g/mol. The lowest BCUT2D eigenvalue weighted by molar-refractivity contribution is -0.115. The first-order valence-corrected chi connectivity index (χ1v) is 6.19. The summed E-state index contributed by atoms with van der Waals surface area (Å²) in [6.45, 7) is 1.82. The van der Waals surface area contributed by atoms with E-state index in [1.165, 1.54) is 12.1 Å². The first-order chi connectivity index (χ1) is 9.52. The molecule has 20 heavy (non-hydrogen) atoms. The molecular formula is C15H13FN2O2. The average molecular weight is 272 g/mol. The summed E-state index contributed by atoms with van der Waals surface area (Å²) in [5.74, 6) is 0.359. The van der Waals surface area contributed by atoms with Gasteiger partial charge in [-0.1, -0.05) is 6.07 Å². The Kier molecular flexibility index (Phi) is 2.82. The second kappa shape index (κ2) is 4.52. The third-order valence-corrected chi connectivity index (χ3v) is 3.23. The fourth-order valence-corrected chi connectivity index (χ4v) is 2.16. The number of nitrogens with one attached hydrogen (secondary N) is 1. The second-order valence-corrected chi connectivity index (χ2v) is 4.78. The summed E-state index contributed by atoms with van der Waals surface area (Å²) in [4.78, 5) is 11.3. The topological polar surface area (TPSA) is 64.3 Å². The first kappa shape index (κ1) is 12.5. The average Bonchev–Trinajstić information content (AvgIpc) is 2.73. The van der Waals surface area contributed by atoms with Crippen LogP contribution >= 0.6 is 0 Å². The number of halogens is 1. The Bertz CT molecular complexity index is 713. The number of anilines is 2. The predicted octanol–water partition coefficient (Wildman–Crippen LogP) is 3.00. The zero-order valence-corrected chi connectivity index (χ0v) is 10.9. The highest BCUT2D eigenvalue weighted by Gasteiger charge is 2.20. The van der Waals surface area contributed by atoms with E-state index in [1.807, 2.05) is 6.92 Å². The molecule has 1 aliphatic heterocycles. The molecule has 0 atom stereocenters. The van der Waals surface area contributed by atoms with Crippen molar-refractivity contribution >= 4 is 17.3 Å². The number of ether oxygens (including phenoxy) is 1. The van der Waals surface area contributed by atoms with Gasteiger partial charge in [-0.15, -0.1) is 0 Å². The molecule has 0 fully saturated rings. The summed E-state index contributed by atoms with van der Waals surface area (Å²) in [6.07, 6.45) is 0.318. The van der Waals surface area contributed by atoms with Gasteiger partial charge in [0.25, 0.3) is 0 Å². The molecule has 0 aromatic heterocycles. The van der Waals surface area contributed by atoms with E-state index in [9.17, 15) is 9.18 Å². The molecule has 1 aliphatic rings. The number of benzene rings is 2. The largest absolute Gasteiger partial charge is 0.455 e. The number of nitrogens with two attached hydrogens (primary N) is 1. The van der Waals surface area contributed by atoms with Crippen molar-refractivity contribution < 1.29 is 13.9 Å². The van der Waals surface area contributed by atoms with Crippen molar-refractivity contribution in [1.29, 1.82) is 0 Å². The van der Waals surface area contributed by atoms with Crippen LogP contribution in [0, 0.1) is 12.7 Å². The number of rotatable bonds is 2. The molecule has 2 aromatic rings. The molecule has 2 aromatic carbocycles. The summed E-state index contributed by atoms with van der Waals surface area (Å²) in [5, 5.41) is 2.73. The van der Waals surface area contributed by atoms with Crippen LogP contribution < -0.4 is 15.8 Å². The molecule has 0 unspecified atom stereocenters. The highest BCUT2D eigenvalue weighted by molar-refractivity contribution is 6.00. The van der Waals surface area contributed by atoms with Gasteiger partial charge in [0, 0.05) is 17.8 Å². The number of hydrogen-bond acceptors (Lipinski definition) is 3. The van der Waals surface area contributed by atoms with E-state index in [4.69, 9.17) is 10.5 Å². The molecule has 0 spiro atoms. The number of carbonyl (C=O) groups excluding carboxylic acids is 1. The van der Waals surface area contributed by atoms with Gasteiger partial charge in [-0.2, -0.15) is 0 Å². The lowest BCUT2D eigenvalue weighted by atomic mass is 10.1. The Balaban J connectivity index is 1.97. The number of nitrogen functional groups attached to an aromatic ring is 1. The predicted molar refractivity (Wildman–Crippen MR) is 74.4 cm³/mol. The Morgan fingerprint density at radius 1 is 1.25 bits per heavy atom. The van der Waals surface area contributed by atoms with Gasteiger partial charge < -0.3 is 15.8 Å². The van der Waals surface area contributed by atoms with E-state index >= 15 is 0 Å². The fraction of sp³-hybridized carbons (Fsp3) is 0.133. The quantitative estimate of drug-likeness (QED) is 0.826. The van der Waals surface area contributed by atoms with Crippen LogP contribution in [-0.4, -0.2) is 5.91 Å². The first-order valence-electron chi connectivity index (χ1n) is 6.19. The smallest absolute Gasteiger partial charge is 0.228 e. The van der Waals surface area contributed by atoms with E-state index in [1.54, 1.807) is 18.2 Å². The molecule has 3 rings (SSSR count). The summed E-state index contributed by atoms with van der Waals surface area (Å²) in [6, 6.07) is 7.68. The molecule has 0 saturated carbocycles. The van der Waals surface area contributed by atoms with Crippen LogP contribution in [-0.2, 0) is 11.2 Å². The molecule has 1 heterocycles. The maximum atomic E-state index is 13.3. The molecule has 0 saturated heterocycles. The monoisotopic (exact) mass is 272 g/mol. The molecule has 1 amide bonds. The number of carbonyl (C=O) groups is 1. The third kappa shape index (κ3) is 2.18. The van der Waals surface area contributed by atoms with Crippen molar-refractivity contribution in [2.75, 3.05) is 11.1 Å². The van der Waals surface area contributed by atoms with E-state index < -0.39 is 0 Å². The van der Waals surface area contributed by atoms with Crippen molar-refractivity contribution in [2.24, 2.45) is 0 Å². The van der Waals surface area contributed by atoms with E-state index in [0.29, 0.717) is 29.3 Å². The number of hydrogen-bond donors (Lipinski definition) is 2. The molecule has 0 bridgehead atoms. The van der Waals surface area contributed by atoms with Crippen LogP contribution in [0.2, 0.25) is 0 Å². The number of aryl methyl sites for hydroxylation is 1. The Morgan fingerprint density at radius 2 is 2.05 bits per heavy atom. The minimum atomic E-state index is -0.376. The molecule has 3 N–H and O–H groups in total. The minimum Gasteiger partial charge on any atom is -0.455 e. The lowest BCUT2D eigenvalue weighted by Crippen LogP contribution is -2.03. The summed E-state index contributed by atoms with van der Waals surface area (Å²) in [5.41, 5.74) is 8.67. The number of fused-ring (bicyclic) bond motifs is 1. The van der Waals surface area contributed by atoms with Gasteiger partial charge in [0.1, 0.15) is 11.6 Å². The zero-order valence-electron chi connectivity index (χ0n) is 10.9. The van der Waals surface area contributed by atoms with E-state index in [2.05, 4.69) is 5.32 Å². The Hall–Kier alpha value is -2.56. The van der Waals surface area contributed by atoms with Crippen molar-refractivity contribution in [3.63, 3.8) is 0 Å². The maximum absolute atomic E-state index is 13.3. The van der Waals surface area contributed by atoms with E-state index in [0.717, 1.165) is 11.1 Å².